The summed E-state index contributed by atoms with van der Waals surface area (Å²) in [6.07, 6.45) is 5.75. The van der Waals surface area contributed by atoms with E-state index in [4.69, 9.17) is 0 Å². The maximum absolute atomic E-state index is 10.1. The summed E-state index contributed by atoms with van der Waals surface area (Å²) in [7, 11) is 0. The van der Waals surface area contributed by atoms with Crippen molar-refractivity contribution in [3.63, 3.8) is 0 Å². The normalized spacial score (nSPS) is 21.8. The molecule has 1 aromatic rings. The Balaban J connectivity index is 2.28. The first-order valence-corrected chi connectivity index (χ1v) is 4.34. The van der Waals surface area contributed by atoms with Gasteiger partial charge in [-0.2, -0.15) is 0 Å². The summed E-state index contributed by atoms with van der Waals surface area (Å²) in [4.78, 5) is 3.93. The first-order valence-electron chi connectivity index (χ1n) is 4.34. The van der Waals surface area contributed by atoms with Gasteiger partial charge in [-0.1, -0.05) is 0 Å². The minimum atomic E-state index is -0.636. The molecule has 64 valence electrons. The fraction of sp³-hybridized carbons (Fsp3) is 0.500. The third-order valence-electron chi connectivity index (χ3n) is 2.64. The topological polar surface area (TPSA) is 33.1 Å². The lowest BCUT2D eigenvalue weighted by Crippen LogP contribution is -2.23. The van der Waals surface area contributed by atoms with Crippen LogP contribution in [0, 0.1) is 5.92 Å². The van der Waals surface area contributed by atoms with Crippen LogP contribution in [0.4, 0.5) is 0 Å². The molecule has 0 spiro atoms. The fourth-order valence-corrected chi connectivity index (χ4v) is 1.57. The molecular weight excluding hydrogens is 150 g/mol. The average Bonchev–Trinajstić information content (AvgIpc) is 2.88. The van der Waals surface area contributed by atoms with Crippen LogP contribution in [0.1, 0.15) is 25.3 Å². The molecule has 1 heterocycles. The first-order chi connectivity index (χ1) is 5.71. The summed E-state index contributed by atoms with van der Waals surface area (Å²) in [5.74, 6) is 0.458. The Labute approximate surface area is 72.3 Å². The van der Waals surface area contributed by atoms with Crippen molar-refractivity contribution >= 4 is 0 Å². The highest BCUT2D eigenvalue weighted by Gasteiger charge is 2.40. The predicted molar refractivity (Wildman–Crippen MR) is 46.5 cm³/mol. The van der Waals surface area contributed by atoms with Crippen LogP contribution in [-0.2, 0) is 5.60 Å². The number of nitrogens with zero attached hydrogens (tertiary/aromatic N) is 1. The van der Waals surface area contributed by atoms with E-state index in [0.29, 0.717) is 5.92 Å². The van der Waals surface area contributed by atoms with Gasteiger partial charge < -0.3 is 5.11 Å². The van der Waals surface area contributed by atoms with Crippen LogP contribution in [0.15, 0.2) is 24.5 Å². The zero-order chi connectivity index (χ0) is 8.60. The van der Waals surface area contributed by atoms with Crippen molar-refractivity contribution < 1.29 is 5.11 Å². The van der Waals surface area contributed by atoms with Crippen molar-refractivity contribution in [3.8, 4) is 0 Å². The molecule has 0 amide bonds. The van der Waals surface area contributed by atoms with E-state index in [1.54, 1.807) is 12.4 Å². The zero-order valence-corrected chi connectivity index (χ0v) is 7.20. The van der Waals surface area contributed by atoms with E-state index < -0.39 is 5.60 Å². The van der Waals surface area contributed by atoms with E-state index in [1.165, 1.54) is 0 Å². The number of rotatable bonds is 2. The number of pyridine rings is 1. The summed E-state index contributed by atoms with van der Waals surface area (Å²) >= 11 is 0. The lowest BCUT2D eigenvalue weighted by Gasteiger charge is -2.22. The van der Waals surface area contributed by atoms with Crippen molar-refractivity contribution in [2.75, 3.05) is 0 Å². The highest BCUT2D eigenvalue weighted by Crippen LogP contribution is 2.45. The van der Waals surface area contributed by atoms with E-state index in [-0.39, 0.29) is 0 Å². The van der Waals surface area contributed by atoms with Crippen LogP contribution in [0.25, 0.3) is 0 Å². The fourth-order valence-electron chi connectivity index (χ4n) is 1.57. The molecule has 2 rings (SSSR count). The molecule has 1 atom stereocenters. The van der Waals surface area contributed by atoms with Gasteiger partial charge in [-0.3, -0.25) is 4.98 Å². The Morgan fingerprint density at radius 2 is 2.00 bits per heavy atom. The predicted octanol–water partition coefficient (Wildman–Crippen LogP) is 1.70. The van der Waals surface area contributed by atoms with E-state index >= 15 is 0 Å². The first kappa shape index (κ1) is 7.74. The van der Waals surface area contributed by atoms with Crippen molar-refractivity contribution in [1.29, 1.82) is 0 Å². The number of aliphatic hydroxyl groups is 1. The lowest BCUT2D eigenvalue weighted by atomic mass is 9.92. The average molecular weight is 163 g/mol. The van der Waals surface area contributed by atoms with Crippen LogP contribution in [0.3, 0.4) is 0 Å². The zero-order valence-electron chi connectivity index (χ0n) is 7.20. The Morgan fingerprint density at radius 3 is 2.50 bits per heavy atom. The number of hydrogen-bond donors (Lipinski definition) is 1. The van der Waals surface area contributed by atoms with Crippen LogP contribution in [-0.4, -0.2) is 10.1 Å². The maximum atomic E-state index is 10.1. The molecule has 2 heteroatoms. The molecule has 0 radical (unpaired) electrons. The van der Waals surface area contributed by atoms with Gasteiger partial charge in [0.15, 0.2) is 0 Å². The Bertz CT molecular complexity index is 264. The molecule has 0 aliphatic heterocycles. The molecule has 12 heavy (non-hydrogen) atoms. The molecule has 1 aromatic heterocycles. The summed E-state index contributed by atoms with van der Waals surface area (Å²) in [6, 6.07) is 3.77. The van der Waals surface area contributed by atoms with E-state index in [0.717, 1.165) is 18.4 Å². The van der Waals surface area contributed by atoms with E-state index in [1.807, 2.05) is 19.1 Å². The Morgan fingerprint density at radius 1 is 1.42 bits per heavy atom. The van der Waals surface area contributed by atoms with Gasteiger partial charge in [0.05, 0.1) is 5.60 Å². The van der Waals surface area contributed by atoms with Crippen molar-refractivity contribution in [3.05, 3.63) is 30.1 Å². The third kappa shape index (κ3) is 1.23. The summed E-state index contributed by atoms with van der Waals surface area (Å²) in [6.45, 7) is 1.89. The standard InChI is InChI=1S/C10H13NO/c1-10(12,8-2-3-8)9-4-6-11-7-5-9/h4-8,12H,2-3H2,1H3/t10-/m0/s1. The highest BCUT2D eigenvalue weighted by molar-refractivity contribution is 5.20. The largest absolute Gasteiger partial charge is 0.385 e. The molecule has 1 aliphatic carbocycles. The maximum Gasteiger partial charge on any atom is 0.0897 e. The second kappa shape index (κ2) is 2.56. The molecule has 2 nitrogen and oxygen atoms in total. The van der Waals surface area contributed by atoms with Gasteiger partial charge in [-0.05, 0) is 43.4 Å². The molecule has 1 saturated carbocycles. The molecule has 1 N–H and O–H groups in total. The third-order valence-corrected chi connectivity index (χ3v) is 2.64. The van der Waals surface area contributed by atoms with Crippen molar-refractivity contribution in [1.82, 2.24) is 4.98 Å². The van der Waals surface area contributed by atoms with Gasteiger partial charge in [-0.15, -0.1) is 0 Å². The summed E-state index contributed by atoms with van der Waals surface area (Å²) < 4.78 is 0. The lowest BCUT2D eigenvalue weighted by molar-refractivity contribution is 0.0330. The molecule has 1 fully saturated rings. The Hall–Kier alpha value is -0.890. The monoisotopic (exact) mass is 163 g/mol. The minimum Gasteiger partial charge on any atom is -0.385 e. The van der Waals surface area contributed by atoms with Crippen LogP contribution in [0.2, 0.25) is 0 Å². The summed E-state index contributed by atoms with van der Waals surface area (Å²) in [5, 5.41) is 10.1. The second-order valence-electron chi connectivity index (χ2n) is 3.66. The molecule has 1 aliphatic rings. The van der Waals surface area contributed by atoms with Crippen molar-refractivity contribution in [2.24, 2.45) is 5.92 Å². The van der Waals surface area contributed by atoms with E-state index in [2.05, 4.69) is 4.98 Å². The molecule has 0 bridgehead atoms. The number of hydrogen-bond acceptors (Lipinski definition) is 2. The highest BCUT2D eigenvalue weighted by atomic mass is 16.3. The van der Waals surface area contributed by atoms with Gasteiger partial charge in [0.25, 0.3) is 0 Å². The molecule has 0 aromatic carbocycles. The van der Waals surface area contributed by atoms with Gasteiger partial charge in [0.2, 0.25) is 0 Å². The van der Waals surface area contributed by atoms with E-state index in [9.17, 15) is 5.11 Å². The van der Waals surface area contributed by atoms with Gasteiger partial charge >= 0.3 is 0 Å². The quantitative estimate of drug-likeness (QED) is 0.719. The molecule has 0 unspecified atom stereocenters. The smallest absolute Gasteiger partial charge is 0.0897 e. The van der Waals surface area contributed by atoms with Crippen LogP contribution >= 0.6 is 0 Å². The summed E-state index contributed by atoms with van der Waals surface area (Å²) in [5.41, 5.74) is 0.350. The van der Waals surface area contributed by atoms with Gasteiger partial charge in [-0.25, -0.2) is 0 Å². The van der Waals surface area contributed by atoms with Crippen LogP contribution < -0.4 is 0 Å². The number of aromatic nitrogens is 1. The van der Waals surface area contributed by atoms with Gasteiger partial charge in [0.1, 0.15) is 0 Å². The van der Waals surface area contributed by atoms with Crippen molar-refractivity contribution in [2.45, 2.75) is 25.4 Å². The second-order valence-corrected chi connectivity index (χ2v) is 3.66. The minimum absolute atomic E-state index is 0.458. The molecule has 0 saturated heterocycles. The SMILES string of the molecule is C[C@@](O)(c1ccncc1)C1CC1. The Kier molecular flexibility index (Phi) is 1.65. The molecular formula is C10H13NO. The van der Waals surface area contributed by atoms with Gasteiger partial charge in [0, 0.05) is 12.4 Å². The van der Waals surface area contributed by atoms with Crippen LogP contribution in [0.5, 0.6) is 0 Å².